The van der Waals surface area contributed by atoms with Crippen molar-refractivity contribution in [2.45, 2.75) is 6.04 Å². The van der Waals surface area contributed by atoms with Crippen molar-refractivity contribution < 1.29 is 9.47 Å². The molecule has 1 unspecified atom stereocenters. The molecule has 0 saturated heterocycles. The molecule has 4 heteroatoms. The fourth-order valence-corrected chi connectivity index (χ4v) is 2.67. The van der Waals surface area contributed by atoms with E-state index in [2.05, 4.69) is 5.38 Å². The van der Waals surface area contributed by atoms with Crippen LogP contribution in [-0.2, 0) is 0 Å². The molecule has 1 aliphatic heterocycles. The van der Waals surface area contributed by atoms with Gasteiger partial charge in [0.05, 0.1) is 6.04 Å². The first-order chi connectivity index (χ1) is 8.36. The molecule has 0 spiro atoms. The Kier molecular flexibility index (Phi) is 2.74. The van der Waals surface area contributed by atoms with Gasteiger partial charge in [-0.05, 0) is 28.5 Å². The maximum absolute atomic E-state index is 6.26. The molecular weight excluding hydrogens is 234 g/mol. The molecule has 17 heavy (non-hydrogen) atoms. The fourth-order valence-electron chi connectivity index (χ4n) is 1.97. The van der Waals surface area contributed by atoms with Crippen LogP contribution < -0.4 is 15.2 Å². The lowest BCUT2D eigenvalue weighted by atomic mass is 10.0. The van der Waals surface area contributed by atoms with Gasteiger partial charge in [0.1, 0.15) is 13.2 Å². The average molecular weight is 247 g/mol. The zero-order valence-electron chi connectivity index (χ0n) is 9.26. The average Bonchev–Trinajstić information content (AvgIpc) is 2.91. The molecule has 2 aromatic rings. The summed E-state index contributed by atoms with van der Waals surface area (Å²) >= 11 is 1.65. The molecular formula is C13H13NO2S. The van der Waals surface area contributed by atoms with Crippen LogP contribution >= 0.6 is 11.3 Å². The first-order valence-electron chi connectivity index (χ1n) is 5.52. The highest BCUT2D eigenvalue weighted by atomic mass is 32.1. The Morgan fingerprint density at radius 1 is 1.18 bits per heavy atom. The van der Waals surface area contributed by atoms with E-state index in [1.165, 1.54) is 0 Å². The molecule has 88 valence electrons. The second-order valence-corrected chi connectivity index (χ2v) is 4.69. The van der Waals surface area contributed by atoms with E-state index in [0.29, 0.717) is 13.2 Å². The predicted molar refractivity (Wildman–Crippen MR) is 67.8 cm³/mol. The summed E-state index contributed by atoms with van der Waals surface area (Å²) in [7, 11) is 0. The maximum atomic E-state index is 6.26. The number of rotatable bonds is 2. The van der Waals surface area contributed by atoms with Gasteiger partial charge >= 0.3 is 0 Å². The van der Waals surface area contributed by atoms with Crippen molar-refractivity contribution >= 4 is 11.3 Å². The molecule has 0 saturated carbocycles. The topological polar surface area (TPSA) is 44.5 Å². The number of benzene rings is 1. The van der Waals surface area contributed by atoms with Crippen LogP contribution in [0.4, 0.5) is 0 Å². The van der Waals surface area contributed by atoms with Crippen molar-refractivity contribution in [3.63, 3.8) is 0 Å². The zero-order valence-corrected chi connectivity index (χ0v) is 10.1. The van der Waals surface area contributed by atoms with E-state index in [4.69, 9.17) is 15.2 Å². The molecule has 1 aliphatic rings. The maximum Gasteiger partial charge on any atom is 0.166 e. The number of thiophene rings is 1. The Morgan fingerprint density at radius 2 is 2.06 bits per heavy atom. The third kappa shape index (κ3) is 1.90. The van der Waals surface area contributed by atoms with E-state index < -0.39 is 0 Å². The van der Waals surface area contributed by atoms with Gasteiger partial charge in [-0.2, -0.15) is 11.3 Å². The van der Waals surface area contributed by atoms with Crippen LogP contribution in [0.25, 0.3) is 0 Å². The summed E-state index contributed by atoms with van der Waals surface area (Å²) in [5.74, 6) is 1.58. The third-order valence-corrected chi connectivity index (χ3v) is 3.54. The highest BCUT2D eigenvalue weighted by Crippen LogP contribution is 2.38. The summed E-state index contributed by atoms with van der Waals surface area (Å²) < 4.78 is 11.2. The molecule has 0 fully saturated rings. The molecule has 2 heterocycles. The van der Waals surface area contributed by atoms with Crippen molar-refractivity contribution in [1.82, 2.24) is 0 Å². The fraction of sp³-hybridized carbons (Fsp3) is 0.231. The number of fused-ring (bicyclic) bond motifs is 1. The summed E-state index contributed by atoms with van der Waals surface area (Å²) in [6.45, 7) is 1.19. The van der Waals surface area contributed by atoms with Crippen LogP contribution in [0.15, 0.2) is 35.0 Å². The van der Waals surface area contributed by atoms with Crippen molar-refractivity contribution in [3.05, 3.63) is 46.2 Å². The van der Waals surface area contributed by atoms with Gasteiger partial charge in [0, 0.05) is 5.56 Å². The minimum Gasteiger partial charge on any atom is -0.486 e. The number of ether oxygens (including phenoxy) is 2. The third-order valence-electron chi connectivity index (χ3n) is 2.83. The first-order valence-corrected chi connectivity index (χ1v) is 6.47. The van der Waals surface area contributed by atoms with E-state index in [9.17, 15) is 0 Å². The van der Waals surface area contributed by atoms with Gasteiger partial charge < -0.3 is 15.2 Å². The quantitative estimate of drug-likeness (QED) is 0.887. The number of para-hydroxylation sites is 1. The monoisotopic (exact) mass is 247 g/mol. The van der Waals surface area contributed by atoms with Crippen molar-refractivity contribution in [2.24, 2.45) is 5.73 Å². The lowest BCUT2D eigenvalue weighted by Gasteiger charge is -2.23. The van der Waals surface area contributed by atoms with Crippen LogP contribution in [0.5, 0.6) is 11.5 Å². The number of hydrogen-bond acceptors (Lipinski definition) is 4. The Morgan fingerprint density at radius 3 is 2.88 bits per heavy atom. The molecule has 0 amide bonds. The minimum atomic E-state index is -0.155. The largest absolute Gasteiger partial charge is 0.486 e. The zero-order chi connectivity index (χ0) is 11.7. The van der Waals surface area contributed by atoms with Crippen LogP contribution in [-0.4, -0.2) is 13.2 Å². The molecule has 1 aromatic carbocycles. The Hall–Kier alpha value is -1.52. The minimum absolute atomic E-state index is 0.155. The normalized spacial score (nSPS) is 15.6. The SMILES string of the molecule is NC(c1ccsc1)c1cccc2c1OCCO2. The lowest BCUT2D eigenvalue weighted by molar-refractivity contribution is 0.169. The van der Waals surface area contributed by atoms with Gasteiger partial charge in [-0.15, -0.1) is 0 Å². The van der Waals surface area contributed by atoms with Crippen molar-refractivity contribution in [2.75, 3.05) is 13.2 Å². The Labute approximate surface area is 104 Å². The van der Waals surface area contributed by atoms with Crippen LogP contribution in [0, 0.1) is 0 Å². The molecule has 0 bridgehead atoms. The first kappa shape index (κ1) is 10.6. The summed E-state index contributed by atoms with van der Waals surface area (Å²) in [6.07, 6.45) is 0. The van der Waals surface area contributed by atoms with E-state index in [-0.39, 0.29) is 6.04 Å². The van der Waals surface area contributed by atoms with Gasteiger partial charge in [0.15, 0.2) is 11.5 Å². The van der Waals surface area contributed by atoms with Crippen molar-refractivity contribution in [1.29, 1.82) is 0 Å². The molecule has 1 atom stereocenters. The van der Waals surface area contributed by atoms with E-state index in [1.807, 2.05) is 29.6 Å². The van der Waals surface area contributed by atoms with Crippen LogP contribution in [0.3, 0.4) is 0 Å². The predicted octanol–water partition coefficient (Wildman–Crippen LogP) is 2.57. The van der Waals surface area contributed by atoms with Gasteiger partial charge in [-0.25, -0.2) is 0 Å². The summed E-state index contributed by atoms with van der Waals surface area (Å²) in [5.41, 5.74) is 8.35. The number of nitrogens with two attached hydrogens (primary N) is 1. The Bertz CT molecular complexity index is 510. The lowest BCUT2D eigenvalue weighted by Crippen LogP contribution is -2.19. The standard InChI is InChI=1S/C13H13NO2S/c14-12(9-4-7-17-8-9)10-2-1-3-11-13(10)16-6-5-15-11/h1-4,7-8,12H,5-6,14H2. The van der Waals surface area contributed by atoms with E-state index in [1.54, 1.807) is 11.3 Å². The molecule has 3 nitrogen and oxygen atoms in total. The molecule has 3 rings (SSSR count). The van der Waals surface area contributed by atoms with Gasteiger partial charge in [-0.1, -0.05) is 12.1 Å². The Balaban J connectivity index is 2.03. The van der Waals surface area contributed by atoms with Gasteiger partial charge in [0.25, 0.3) is 0 Å². The van der Waals surface area contributed by atoms with Gasteiger partial charge in [0.2, 0.25) is 0 Å². The summed E-state index contributed by atoms with van der Waals surface area (Å²) in [5, 5.41) is 4.09. The van der Waals surface area contributed by atoms with Crippen LogP contribution in [0.2, 0.25) is 0 Å². The van der Waals surface area contributed by atoms with Gasteiger partial charge in [-0.3, -0.25) is 0 Å². The second-order valence-electron chi connectivity index (χ2n) is 3.91. The molecule has 0 radical (unpaired) electrons. The highest BCUT2D eigenvalue weighted by molar-refractivity contribution is 7.08. The number of hydrogen-bond donors (Lipinski definition) is 1. The van der Waals surface area contributed by atoms with E-state index in [0.717, 1.165) is 22.6 Å². The summed E-state index contributed by atoms with van der Waals surface area (Å²) in [6, 6.07) is 7.75. The summed E-state index contributed by atoms with van der Waals surface area (Å²) in [4.78, 5) is 0. The molecule has 1 aromatic heterocycles. The van der Waals surface area contributed by atoms with E-state index >= 15 is 0 Å². The highest BCUT2D eigenvalue weighted by Gasteiger charge is 2.20. The molecule has 0 aliphatic carbocycles. The smallest absolute Gasteiger partial charge is 0.166 e. The van der Waals surface area contributed by atoms with Crippen molar-refractivity contribution in [3.8, 4) is 11.5 Å². The second kappa shape index (κ2) is 4.39. The molecule has 2 N–H and O–H groups in total. The van der Waals surface area contributed by atoms with Crippen LogP contribution in [0.1, 0.15) is 17.2 Å².